The van der Waals surface area contributed by atoms with Crippen molar-refractivity contribution in [3.05, 3.63) is 51.5 Å². The summed E-state index contributed by atoms with van der Waals surface area (Å²) >= 11 is 10.6. The van der Waals surface area contributed by atoms with Crippen LogP contribution >= 0.6 is 39.5 Å². The van der Waals surface area contributed by atoms with Gasteiger partial charge in [0.1, 0.15) is 6.29 Å². The summed E-state index contributed by atoms with van der Waals surface area (Å²) < 4.78 is 3.08. The number of halogens is 2. The minimum atomic E-state index is -1.43. The Labute approximate surface area is 146 Å². The van der Waals surface area contributed by atoms with Crippen LogP contribution in [-0.2, 0) is 0 Å². The van der Waals surface area contributed by atoms with Gasteiger partial charge in [0.15, 0.2) is 0 Å². The fourth-order valence-electron chi connectivity index (χ4n) is 1.85. The van der Waals surface area contributed by atoms with E-state index in [1.54, 1.807) is 30.1 Å². The molecule has 0 aromatic heterocycles. The molecule has 0 unspecified atom stereocenters. The molecule has 0 amide bonds. The summed E-state index contributed by atoms with van der Waals surface area (Å²) in [4.78, 5) is 10.5. The highest BCUT2D eigenvalue weighted by Crippen LogP contribution is 2.56. The largest absolute Gasteiger partial charge is 0.488 e. The number of fused-ring (bicyclic) bond motifs is 1. The van der Waals surface area contributed by atoms with Crippen LogP contribution in [0.15, 0.2) is 40.9 Å². The zero-order valence-corrected chi connectivity index (χ0v) is 14.7. The lowest BCUT2D eigenvalue weighted by Crippen LogP contribution is -2.29. The number of anilines is 2. The van der Waals surface area contributed by atoms with Crippen LogP contribution in [0, 0.1) is 0 Å². The summed E-state index contributed by atoms with van der Waals surface area (Å²) in [5.74, 6) is 0. The lowest BCUT2D eigenvalue weighted by Gasteiger charge is -1.97. The van der Waals surface area contributed by atoms with Gasteiger partial charge >= 0.3 is 7.12 Å². The smallest absolute Gasteiger partial charge is 0.423 e. The fourth-order valence-corrected chi connectivity index (χ4v) is 3.48. The molecule has 0 radical (unpaired) electrons. The summed E-state index contributed by atoms with van der Waals surface area (Å²) in [5.41, 5.74) is 3.46. The zero-order chi connectivity index (χ0) is 16.3. The Hall–Kier alpha value is -0.985. The summed E-state index contributed by atoms with van der Waals surface area (Å²) in [6.07, 6.45) is 2.87. The van der Waals surface area contributed by atoms with Gasteiger partial charge in [0.05, 0.1) is 11.4 Å². The first kappa shape index (κ1) is 17.4. The topological polar surface area (TPSA) is 60.5 Å². The van der Waals surface area contributed by atoms with Crippen molar-refractivity contribution < 1.29 is 14.8 Å². The van der Waals surface area contributed by atoms with E-state index in [0.717, 1.165) is 22.0 Å². The molecular weight excluding hydrogens is 388 g/mol. The Kier molecular flexibility index (Phi) is 5.94. The summed E-state index contributed by atoms with van der Waals surface area (Å²) in [7, 11) is -1.43. The number of aldehydes is 1. The Bertz CT molecular complexity index is 702. The minimum Gasteiger partial charge on any atom is -0.423 e. The van der Waals surface area contributed by atoms with E-state index in [1.807, 2.05) is 18.4 Å². The second-order valence-electron chi connectivity index (χ2n) is 4.39. The number of rotatable bonds is 3. The van der Waals surface area contributed by atoms with Gasteiger partial charge in [-0.3, -0.25) is 9.10 Å². The van der Waals surface area contributed by atoms with Crippen molar-refractivity contribution in [2.45, 2.75) is 0 Å². The normalized spacial score (nSPS) is 11.2. The van der Waals surface area contributed by atoms with Gasteiger partial charge in [-0.25, -0.2) is 0 Å². The Morgan fingerprint density at radius 2 is 2.05 bits per heavy atom. The van der Waals surface area contributed by atoms with Crippen molar-refractivity contribution in [3.63, 3.8) is 0 Å². The number of benzene rings is 2. The maximum atomic E-state index is 10.5. The SMILES string of the molecule is CSN1c2cc(C=O)cc(Br)c21.OB(O)c1cccc(Cl)c1. The molecule has 0 aliphatic carbocycles. The van der Waals surface area contributed by atoms with Gasteiger partial charge in [0.25, 0.3) is 0 Å². The molecular formula is C14H12BBrClNO3S. The number of carbonyl (C=O) groups excluding carboxylic acids is 1. The fraction of sp³-hybridized carbons (Fsp3) is 0.0714. The van der Waals surface area contributed by atoms with Crippen LogP contribution in [0.3, 0.4) is 0 Å². The van der Waals surface area contributed by atoms with Gasteiger partial charge in [-0.2, -0.15) is 0 Å². The van der Waals surface area contributed by atoms with Gasteiger partial charge in [-0.15, -0.1) is 0 Å². The van der Waals surface area contributed by atoms with Crippen molar-refractivity contribution in [1.82, 2.24) is 0 Å². The van der Waals surface area contributed by atoms with Crippen LogP contribution in [-0.4, -0.2) is 29.7 Å². The highest BCUT2D eigenvalue weighted by atomic mass is 79.9. The minimum absolute atomic E-state index is 0.410. The quantitative estimate of drug-likeness (QED) is 0.359. The molecule has 1 aliphatic rings. The van der Waals surface area contributed by atoms with Gasteiger partial charge in [0, 0.05) is 21.3 Å². The first-order chi connectivity index (χ1) is 10.5. The third-order valence-corrected chi connectivity index (χ3v) is 4.49. The molecule has 0 spiro atoms. The molecule has 0 bridgehead atoms. The molecule has 3 rings (SSSR count). The molecule has 0 fully saturated rings. The first-order valence-electron chi connectivity index (χ1n) is 6.22. The summed E-state index contributed by atoms with van der Waals surface area (Å²) in [5, 5.41) is 17.8. The van der Waals surface area contributed by atoms with Crippen molar-refractivity contribution in [2.24, 2.45) is 0 Å². The van der Waals surface area contributed by atoms with Crippen LogP contribution in [0.4, 0.5) is 11.4 Å². The number of hydrogen-bond donors (Lipinski definition) is 2. The predicted octanol–water partition coefficient (Wildman–Crippen LogP) is 3.01. The third kappa shape index (κ3) is 4.05. The molecule has 0 saturated carbocycles. The van der Waals surface area contributed by atoms with Crippen molar-refractivity contribution in [2.75, 3.05) is 10.6 Å². The average molecular weight is 400 g/mol. The Morgan fingerprint density at radius 3 is 2.55 bits per heavy atom. The standard InChI is InChI=1S/C8H6BrNOS.C6H6BClO2/c1-12-10-7-3-5(4-11)2-6(9)8(7)10;8-6-3-1-2-5(4-6)7(9)10/h2-4H,1H3;1-4,9-10H. The average Bonchev–Trinajstić information content (AvgIpc) is 3.21. The highest BCUT2D eigenvalue weighted by molar-refractivity contribution is 9.10. The van der Waals surface area contributed by atoms with Crippen molar-refractivity contribution >= 4 is 69.7 Å². The zero-order valence-electron chi connectivity index (χ0n) is 11.5. The Balaban J connectivity index is 0.000000164. The number of carbonyl (C=O) groups is 1. The van der Waals surface area contributed by atoms with Crippen LogP contribution in [0.1, 0.15) is 10.4 Å². The highest BCUT2D eigenvalue weighted by Gasteiger charge is 2.31. The molecule has 2 aromatic rings. The van der Waals surface area contributed by atoms with E-state index in [0.29, 0.717) is 10.5 Å². The van der Waals surface area contributed by atoms with Gasteiger partial charge in [0.2, 0.25) is 0 Å². The van der Waals surface area contributed by atoms with E-state index in [2.05, 4.69) is 20.2 Å². The molecule has 0 saturated heterocycles. The maximum absolute atomic E-state index is 10.5. The summed E-state index contributed by atoms with van der Waals surface area (Å²) in [6, 6.07) is 10.2. The van der Waals surface area contributed by atoms with Crippen molar-refractivity contribution in [1.29, 1.82) is 0 Å². The van der Waals surface area contributed by atoms with E-state index >= 15 is 0 Å². The first-order valence-corrected chi connectivity index (χ1v) is 8.57. The number of hydrogen-bond acceptors (Lipinski definition) is 5. The van der Waals surface area contributed by atoms with E-state index in [4.69, 9.17) is 21.6 Å². The lowest BCUT2D eigenvalue weighted by atomic mass is 9.81. The van der Waals surface area contributed by atoms with Crippen LogP contribution in [0.25, 0.3) is 0 Å². The van der Waals surface area contributed by atoms with Crippen molar-refractivity contribution in [3.8, 4) is 0 Å². The van der Waals surface area contributed by atoms with Crippen LogP contribution in [0.2, 0.25) is 5.02 Å². The van der Waals surface area contributed by atoms with E-state index in [1.165, 1.54) is 11.8 Å². The molecule has 114 valence electrons. The van der Waals surface area contributed by atoms with Crippen LogP contribution in [0.5, 0.6) is 0 Å². The number of nitrogens with zero attached hydrogens (tertiary/aromatic N) is 1. The monoisotopic (exact) mass is 399 g/mol. The van der Waals surface area contributed by atoms with Gasteiger partial charge in [-0.05, 0) is 57.6 Å². The van der Waals surface area contributed by atoms with Gasteiger partial charge in [-0.1, -0.05) is 23.7 Å². The van der Waals surface area contributed by atoms with Gasteiger partial charge < -0.3 is 10.0 Å². The molecule has 0 atom stereocenters. The van der Waals surface area contributed by atoms with E-state index < -0.39 is 7.12 Å². The maximum Gasteiger partial charge on any atom is 0.488 e. The molecule has 22 heavy (non-hydrogen) atoms. The summed E-state index contributed by atoms with van der Waals surface area (Å²) in [6.45, 7) is 0. The molecule has 8 heteroatoms. The molecule has 2 N–H and O–H groups in total. The predicted molar refractivity (Wildman–Crippen MR) is 96.5 cm³/mol. The molecule has 2 aromatic carbocycles. The Morgan fingerprint density at radius 1 is 1.32 bits per heavy atom. The van der Waals surface area contributed by atoms with E-state index in [9.17, 15) is 4.79 Å². The lowest BCUT2D eigenvalue weighted by molar-refractivity contribution is 0.112. The molecule has 1 heterocycles. The molecule has 4 nitrogen and oxygen atoms in total. The second kappa shape index (κ2) is 7.52. The molecule has 1 aliphatic heterocycles. The second-order valence-corrected chi connectivity index (χ2v) is 6.42. The van der Waals surface area contributed by atoms with E-state index in [-0.39, 0.29) is 0 Å². The third-order valence-electron chi connectivity index (χ3n) is 2.90. The van der Waals surface area contributed by atoms with Crippen LogP contribution < -0.4 is 9.77 Å².